The standard InChI is InChI=1S/C14H20Br2N2O.2ClH/c1-2-3-13(18-6-4-17-5-7-18)11-8-10(15)9-12(16)14(11)19;;/h8-9,13,17,19H,2-7H2,1H3;2*1H/t13-;;/m1../s1. The lowest BCUT2D eigenvalue weighted by molar-refractivity contribution is 0.162. The molecule has 7 heteroatoms. The van der Waals surface area contributed by atoms with Crippen LogP contribution in [0.3, 0.4) is 0 Å². The normalized spacial score (nSPS) is 16.7. The van der Waals surface area contributed by atoms with Crippen molar-refractivity contribution in [3.63, 3.8) is 0 Å². The van der Waals surface area contributed by atoms with Gasteiger partial charge in [-0.05, 0) is 34.5 Å². The lowest BCUT2D eigenvalue weighted by atomic mass is 9.99. The summed E-state index contributed by atoms with van der Waals surface area (Å²) in [5.41, 5.74) is 1.02. The topological polar surface area (TPSA) is 35.5 Å². The maximum absolute atomic E-state index is 10.3. The van der Waals surface area contributed by atoms with Crippen LogP contribution in [0.5, 0.6) is 5.75 Å². The van der Waals surface area contributed by atoms with Crippen LogP contribution in [0, 0.1) is 0 Å². The fourth-order valence-corrected chi connectivity index (χ4v) is 3.90. The monoisotopic (exact) mass is 462 g/mol. The fourth-order valence-electron chi connectivity index (χ4n) is 2.64. The first-order valence-corrected chi connectivity index (χ1v) is 8.34. The maximum atomic E-state index is 10.3. The number of hydrogen-bond acceptors (Lipinski definition) is 3. The number of aromatic hydroxyl groups is 1. The van der Waals surface area contributed by atoms with Crippen molar-refractivity contribution in [1.29, 1.82) is 0 Å². The van der Waals surface area contributed by atoms with Gasteiger partial charge in [0.05, 0.1) is 4.47 Å². The smallest absolute Gasteiger partial charge is 0.134 e. The summed E-state index contributed by atoms with van der Waals surface area (Å²) in [5.74, 6) is 0.375. The fraction of sp³-hybridized carbons (Fsp3) is 0.571. The van der Waals surface area contributed by atoms with Gasteiger partial charge in [-0.1, -0.05) is 29.3 Å². The lowest BCUT2D eigenvalue weighted by Gasteiger charge is -2.35. The zero-order valence-corrected chi connectivity index (χ0v) is 16.7. The molecule has 0 aromatic heterocycles. The van der Waals surface area contributed by atoms with E-state index in [2.05, 4.69) is 49.0 Å². The average Bonchev–Trinajstić information content (AvgIpc) is 2.41. The van der Waals surface area contributed by atoms with E-state index in [9.17, 15) is 5.11 Å². The molecule has 0 unspecified atom stereocenters. The molecule has 1 aromatic carbocycles. The van der Waals surface area contributed by atoms with Crippen LogP contribution in [-0.2, 0) is 0 Å². The number of halogens is 4. The van der Waals surface area contributed by atoms with Crippen LogP contribution >= 0.6 is 56.7 Å². The van der Waals surface area contributed by atoms with Gasteiger partial charge in [0.2, 0.25) is 0 Å². The quantitative estimate of drug-likeness (QED) is 0.688. The minimum Gasteiger partial charge on any atom is -0.506 e. The SMILES string of the molecule is CCC[C@H](c1cc(Br)cc(Br)c1O)N1CCNCC1.Cl.Cl. The largest absolute Gasteiger partial charge is 0.506 e. The highest BCUT2D eigenvalue weighted by molar-refractivity contribution is 9.11. The Balaban J connectivity index is 0.00000200. The number of piperazine rings is 1. The molecule has 2 N–H and O–H groups in total. The molecule has 0 spiro atoms. The van der Waals surface area contributed by atoms with Crippen LogP contribution in [0.2, 0.25) is 0 Å². The third-order valence-corrected chi connectivity index (χ3v) is 4.63. The van der Waals surface area contributed by atoms with Crippen molar-refractivity contribution in [3.8, 4) is 5.75 Å². The minimum absolute atomic E-state index is 0. The van der Waals surface area contributed by atoms with Gasteiger partial charge in [0.25, 0.3) is 0 Å². The number of nitrogens with zero attached hydrogens (tertiary/aromatic N) is 1. The summed E-state index contributed by atoms with van der Waals surface area (Å²) in [7, 11) is 0. The van der Waals surface area contributed by atoms with Gasteiger partial charge in [0, 0.05) is 42.3 Å². The Morgan fingerprint density at radius 1 is 1.24 bits per heavy atom. The van der Waals surface area contributed by atoms with E-state index in [1.54, 1.807) is 0 Å². The Labute approximate surface area is 155 Å². The summed E-state index contributed by atoms with van der Waals surface area (Å²) in [6.07, 6.45) is 2.18. The van der Waals surface area contributed by atoms with E-state index >= 15 is 0 Å². The average molecular weight is 465 g/mol. The van der Waals surface area contributed by atoms with Crippen LogP contribution < -0.4 is 5.32 Å². The second kappa shape index (κ2) is 10.3. The third kappa shape index (κ3) is 5.56. The molecule has 1 saturated heterocycles. The molecule has 1 heterocycles. The number of hydrogen-bond donors (Lipinski definition) is 2. The van der Waals surface area contributed by atoms with Gasteiger partial charge < -0.3 is 10.4 Å². The zero-order valence-electron chi connectivity index (χ0n) is 11.9. The molecule has 1 aliphatic rings. The molecule has 1 fully saturated rings. The van der Waals surface area contributed by atoms with E-state index in [4.69, 9.17) is 0 Å². The molecule has 122 valence electrons. The highest BCUT2D eigenvalue weighted by Crippen LogP contribution is 2.39. The number of phenols is 1. The van der Waals surface area contributed by atoms with E-state index in [1.165, 1.54) is 0 Å². The number of benzene rings is 1. The predicted octanol–water partition coefficient (Wildman–Crippen LogP) is 4.51. The molecule has 0 saturated carbocycles. The molecule has 21 heavy (non-hydrogen) atoms. The van der Waals surface area contributed by atoms with Gasteiger partial charge in [-0.25, -0.2) is 0 Å². The van der Waals surface area contributed by atoms with Crippen molar-refractivity contribution in [2.24, 2.45) is 0 Å². The van der Waals surface area contributed by atoms with E-state index in [0.29, 0.717) is 11.8 Å². The molecule has 0 amide bonds. The Morgan fingerprint density at radius 3 is 2.43 bits per heavy atom. The van der Waals surface area contributed by atoms with Crippen molar-refractivity contribution in [1.82, 2.24) is 10.2 Å². The molecule has 1 aliphatic heterocycles. The van der Waals surface area contributed by atoms with Crippen LogP contribution in [0.15, 0.2) is 21.1 Å². The van der Waals surface area contributed by atoms with Gasteiger partial charge >= 0.3 is 0 Å². The summed E-state index contributed by atoms with van der Waals surface area (Å²) in [6, 6.07) is 4.23. The first-order chi connectivity index (χ1) is 9.13. The summed E-state index contributed by atoms with van der Waals surface area (Å²) in [4.78, 5) is 2.47. The van der Waals surface area contributed by atoms with E-state index in [-0.39, 0.29) is 24.8 Å². The predicted molar refractivity (Wildman–Crippen MR) is 100 cm³/mol. The Bertz CT molecular complexity index is 443. The van der Waals surface area contributed by atoms with Crippen LogP contribution in [0.25, 0.3) is 0 Å². The van der Waals surface area contributed by atoms with Crippen molar-refractivity contribution >= 4 is 56.7 Å². The number of nitrogens with one attached hydrogen (secondary N) is 1. The molecular weight excluding hydrogens is 443 g/mol. The maximum Gasteiger partial charge on any atom is 0.134 e. The Morgan fingerprint density at radius 2 is 1.86 bits per heavy atom. The first-order valence-electron chi connectivity index (χ1n) is 6.76. The van der Waals surface area contributed by atoms with E-state index in [0.717, 1.165) is 53.5 Å². The Hall–Kier alpha value is 0.480. The van der Waals surface area contributed by atoms with Gasteiger partial charge in [-0.3, -0.25) is 4.90 Å². The summed E-state index contributed by atoms with van der Waals surface area (Å²) >= 11 is 6.95. The van der Waals surface area contributed by atoms with E-state index in [1.807, 2.05) is 12.1 Å². The summed E-state index contributed by atoms with van der Waals surface area (Å²) < 4.78 is 1.76. The molecule has 0 bridgehead atoms. The summed E-state index contributed by atoms with van der Waals surface area (Å²) in [5, 5.41) is 13.7. The molecule has 1 aromatic rings. The van der Waals surface area contributed by atoms with Gasteiger partial charge in [-0.15, -0.1) is 24.8 Å². The van der Waals surface area contributed by atoms with Crippen LogP contribution in [0.1, 0.15) is 31.4 Å². The highest BCUT2D eigenvalue weighted by atomic mass is 79.9. The second-order valence-electron chi connectivity index (χ2n) is 4.92. The highest BCUT2D eigenvalue weighted by Gasteiger charge is 2.24. The third-order valence-electron chi connectivity index (χ3n) is 3.57. The van der Waals surface area contributed by atoms with Gasteiger partial charge in [0.1, 0.15) is 5.75 Å². The summed E-state index contributed by atoms with van der Waals surface area (Å²) in [6.45, 7) is 6.31. The van der Waals surface area contributed by atoms with Gasteiger partial charge in [0.15, 0.2) is 0 Å². The second-order valence-corrected chi connectivity index (χ2v) is 6.69. The zero-order chi connectivity index (χ0) is 13.8. The van der Waals surface area contributed by atoms with Crippen LogP contribution in [0.4, 0.5) is 0 Å². The Kier molecular flexibility index (Phi) is 10.5. The first kappa shape index (κ1) is 21.5. The molecule has 0 aliphatic carbocycles. The molecule has 3 nitrogen and oxygen atoms in total. The van der Waals surface area contributed by atoms with Crippen molar-refractivity contribution < 1.29 is 5.11 Å². The van der Waals surface area contributed by atoms with Crippen molar-refractivity contribution in [3.05, 3.63) is 26.6 Å². The minimum atomic E-state index is 0. The van der Waals surface area contributed by atoms with Crippen molar-refractivity contribution in [2.75, 3.05) is 26.2 Å². The number of rotatable bonds is 4. The molecule has 0 radical (unpaired) electrons. The van der Waals surface area contributed by atoms with Gasteiger partial charge in [-0.2, -0.15) is 0 Å². The number of phenolic OH excluding ortho intramolecular Hbond substituents is 1. The molecule has 1 atom stereocenters. The molecular formula is C14H22Br2Cl2N2O. The van der Waals surface area contributed by atoms with E-state index < -0.39 is 0 Å². The van der Waals surface area contributed by atoms with Crippen molar-refractivity contribution in [2.45, 2.75) is 25.8 Å². The molecule has 2 rings (SSSR count). The lowest BCUT2D eigenvalue weighted by Crippen LogP contribution is -2.45. The van der Waals surface area contributed by atoms with Crippen LogP contribution in [-0.4, -0.2) is 36.2 Å².